The van der Waals surface area contributed by atoms with E-state index in [0.29, 0.717) is 6.54 Å². The number of sulfonamides is 1. The average Bonchev–Trinajstić information content (AvgIpc) is 2.89. The molecule has 1 atom stereocenters. The maximum atomic E-state index is 13.5. The molecular formula is C12H17FN2O3S. The fourth-order valence-corrected chi connectivity index (χ4v) is 3.13. The van der Waals surface area contributed by atoms with Gasteiger partial charge in [0, 0.05) is 12.6 Å². The molecule has 1 saturated heterocycles. The molecule has 0 radical (unpaired) electrons. The van der Waals surface area contributed by atoms with Crippen molar-refractivity contribution >= 4 is 10.0 Å². The number of halogens is 1. The van der Waals surface area contributed by atoms with E-state index >= 15 is 0 Å². The summed E-state index contributed by atoms with van der Waals surface area (Å²) in [5.74, 6) is -0.666. The van der Waals surface area contributed by atoms with Gasteiger partial charge in [-0.2, -0.15) is 0 Å². The Kier molecular flexibility index (Phi) is 4.38. The Bertz CT molecular complexity index is 542. The third-order valence-corrected chi connectivity index (χ3v) is 4.54. The molecule has 106 valence electrons. The van der Waals surface area contributed by atoms with Gasteiger partial charge in [0.2, 0.25) is 10.0 Å². The third kappa shape index (κ3) is 3.43. The molecule has 1 fully saturated rings. The van der Waals surface area contributed by atoms with E-state index < -0.39 is 15.8 Å². The van der Waals surface area contributed by atoms with E-state index in [1.54, 1.807) is 0 Å². The molecule has 2 rings (SSSR count). The van der Waals surface area contributed by atoms with Gasteiger partial charge in [0.25, 0.3) is 0 Å². The molecule has 19 heavy (non-hydrogen) atoms. The molecule has 1 aromatic rings. The molecule has 1 aliphatic rings. The molecule has 0 aliphatic carbocycles. The van der Waals surface area contributed by atoms with E-state index in [1.807, 2.05) is 0 Å². The molecule has 0 unspecified atom stereocenters. The third-order valence-electron chi connectivity index (χ3n) is 3.12. The number of nitrogens with one attached hydrogen (secondary N) is 2. The van der Waals surface area contributed by atoms with E-state index in [0.717, 1.165) is 25.5 Å². The number of benzene rings is 1. The van der Waals surface area contributed by atoms with Crippen molar-refractivity contribution in [2.75, 3.05) is 20.2 Å². The molecule has 1 aliphatic heterocycles. The average molecular weight is 288 g/mol. The highest BCUT2D eigenvalue weighted by Gasteiger charge is 2.20. The van der Waals surface area contributed by atoms with E-state index in [9.17, 15) is 12.8 Å². The number of ether oxygens (including phenoxy) is 1. The number of hydrogen-bond acceptors (Lipinski definition) is 4. The van der Waals surface area contributed by atoms with Crippen molar-refractivity contribution in [3.63, 3.8) is 0 Å². The van der Waals surface area contributed by atoms with Crippen molar-refractivity contribution in [3.8, 4) is 5.75 Å². The topological polar surface area (TPSA) is 67.4 Å². The van der Waals surface area contributed by atoms with Crippen LogP contribution in [0.5, 0.6) is 5.75 Å². The van der Waals surface area contributed by atoms with E-state index in [2.05, 4.69) is 10.0 Å². The first-order chi connectivity index (χ1) is 9.03. The lowest BCUT2D eigenvalue weighted by atomic mass is 10.2. The zero-order chi connectivity index (χ0) is 13.9. The van der Waals surface area contributed by atoms with Gasteiger partial charge in [0.1, 0.15) is 0 Å². The minimum absolute atomic E-state index is 0.0245. The van der Waals surface area contributed by atoms with Crippen molar-refractivity contribution in [2.24, 2.45) is 0 Å². The van der Waals surface area contributed by atoms with E-state index in [1.165, 1.54) is 19.2 Å². The second-order valence-electron chi connectivity index (χ2n) is 4.44. The van der Waals surface area contributed by atoms with Crippen molar-refractivity contribution in [2.45, 2.75) is 23.8 Å². The fraction of sp³-hybridized carbons (Fsp3) is 0.500. The first-order valence-corrected chi connectivity index (χ1v) is 7.58. The summed E-state index contributed by atoms with van der Waals surface area (Å²) in [7, 11) is -2.35. The molecule has 7 heteroatoms. The molecule has 5 nitrogen and oxygen atoms in total. The highest BCUT2D eigenvalue weighted by atomic mass is 32.2. The lowest BCUT2D eigenvalue weighted by Crippen LogP contribution is -2.37. The lowest BCUT2D eigenvalue weighted by molar-refractivity contribution is 0.385. The van der Waals surface area contributed by atoms with Crippen molar-refractivity contribution in [3.05, 3.63) is 24.0 Å². The summed E-state index contributed by atoms with van der Waals surface area (Å²) < 4.78 is 44.7. The first kappa shape index (κ1) is 14.2. The van der Waals surface area contributed by atoms with Crippen LogP contribution in [0.3, 0.4) is 0 Å². The standard InChI is InChI=1S/C12H17FN2O3S/c1-18-12-5-4-10(7-11(12)13)19(16,17)15-8-9-3-2-6-14-9/h4-5,7,9,14-15H,2-3,6,8H2,1H3/t9-/m1/s1. The van der Waals surface area contributed by atoms with Crippen LogP contribution in [-0.4, -0.2) is 34.7 Å². The molecule has 0 bridgehead atoms. The Labute approximate surface area is 112 Å². The number of rotatable bonds is 5. The maximum Gasteiger partial charge on any atom is 0.240 e. The number of methoxy groups -OCH3 is 1. The summed E-state index contributed by atoms with van der Waals surface area (Å²) in [5.41, 5.74) is 0. The van der Waals surface area contributed by atoms with Gasteiger partial charge in [-0.05, 0) is 37.6 Å². The molecule has 0 amide bonds. The summed E-state index contributed by atoms with van der Waals surface area (Å²) in [5, 5.41) is 3.19. The van der Waals surface area contributed by atoms with Gasteiger partial charge in [0.15, 0.2) is 11.6 Å². The normalized spacial score (nSPS) is 19.6. The van der Waals surface area contributed by atoms with Crippen LogP contribution in [0.1, 0.15) is 12.8 Å². The summed E-state index contributed by atoms with van der Waals surface area (Å²) in [6.45, 7) is 1.22. The molecule has 1 heterocycles. The van der Waals surface area contributed by atoms with Gasteiger partial charge >= 0.3 is 0 Å². The second kappa shape index (κ2) is 5.85. The largest absolute Gasteiger partial charge is 0.494 e. The Hall–Kier alpha value is -1.18. The van der Waals surface area contributed by atoms with Gasteiger partial charge in [0.05, 0.1) is 12.0 Å². The van der Waals surface area contributed by atoms with Gasteiger partial charge < -0.3 is 10.1 Å². The molecular weight excluding hydrogens is 271 g/mol. The summed E-state index contributed by atoms with van der Waals surface area (Å²) in [4.78, 5) is -0.0937. The minimum Gasteiger partial charge on any atom is -0.494 e. The summed E-state index contributed by atoms with van der Waals surface area (Å²) in [6, 6.07) is 3.74. The predicted molar refractivity (Wildman–Crippen MR) is 69.2 cm³/mol. The Morgan fingerprint density at radius 3 is 2.89 bits per heavy atom. The van der Waals surface area contributed by atoms with Crippen LogP contribution >= 0.6 is 0 Å². The van der Waals surface area contributed by atoms with Crippen LogP contribution in [0.15, 0.2) is 23.1 Å². The van der Waals surface area contributed by atoms with Crippen LogP contribution in [0.2, 0.25) is 0 Å². The van der Waals surface area contributed by atoms with Crippen molar-refractivity contribution in [1.82, 2.24) is 10.0 Å². The Morgan fingerprint density at radius 1 is 1.53 bits per heavy atom. The molecule has 1 aromatic carbocycles. The SMILES string of the molecule is COc1ccc(S(=O)(=O)NC[C@H]2CCCN2)cc1F. The molecule has 0 spiro atoms. The van der Waals surface area contributed by atoms with E-state index in [4.69, 9.17) is 4.74 Å². The smallest absolute Gasteiger partial charge is 0.240 e. The van der Waals surface area contributed by atoms with Crippen molar-refractivity contribution < 1.29 is 17.5 Å². The van der Waals surface area contributed by atoms with Crippen LogP contribution in [-0.2, 0) is 10.0 Å². The maximum absolute atomic E-state index is 13.5. The van der Waals surface area contributed by atoms with Gasteiger partial charge in [-0.25, -0.2) is 17.5 Å². The quantitative estimate of drug-likeness (QED) is 0.843. The van der Waals surface area contributed by atoms with Crippen molar-refractivity contribution in [1.29, 1.82) is 0 Å². The first-order valence-electron chi connectivity index (χ1n) is 6.09. The minimum atomic E-state index is -3.68. The molecule has 2 N–H and O–H groups in total. The fourth-order valence-electron chi connectivity index (χ4n) is 2.04. The van der Waals surface area contributed by atoms with Gasteiger partial charge in [-0.3, -0.25) is 0 Å². The van der Waals surface area contributed by atoms with Crippen LogP contribution < -0.4 is 14.8 Å². The van der Waals surface area contributed by atoms with Gasteiger partial charge in [-0.15, -0.1) is 0 Å². The zero-order valence-electron chi connectivity index (χ0n) is 10.6. The monoisotopic (exact) mass is 288 g/mol. The second-order valence-corrected chi connectivity index (χ2v) is 6.21. The predicted octanol–water partition coefficient (Wildman–Crippen LogP) is 0.865. The lowest BCUT2D eigenvalue weighted by Gasteiger charge is -2.12. The molecule has 0 aromatic heterocycles. The van der Waals surface area contributed by atoms with Crippen LogP contribution in [0, 0.1) is 5.82 Å². The van der Waals surface area contributed by atoms with Crippen LogP contribution in [0.25, 0.3) is 0 Å². The van der Waals surface area contributed by atoms with E-state index in [-0.39, 0.29) is 16.7 Å². The summed E-state index contributed by atoms with van der Waals surface area (Å²) in [6.07, 6.45) is 1.99. The zero-order valence-corrected chi connectivity index (χ0v) is 11.5. The molecule has 0 saturated carbocycles. The van der Waals surface area contributed by atoms with Gasteiger partial charge in [-0.1, -0.05) is 0 Å². The number of hydrogen-bond donors (Lipinski definition) is 2. The Morgan fingerprint density at radius 2 is 2.32 bits per heavy atom. The van der Waals surface area contributed by atoms with Crippen LogP contribution in [0.4, 0.5) is 4.39 Å². The highest BCUT2D eigenvalue weighted by molar-refractivity contribution is 7.89. The Balaban J connectivity index is 2.08. The summed E-state index contributed by atoms with van der Waals surface area (Å²) >= 11 is 0. The highest BCUT2D eigenvalue weighted by Crippen LogP contribution is 2.20.